The summed E-state index contributed by atoms with van der Waals surface area (Å²) in [6.07, 6.45) is 1.73. The van der Waals surface area contributed by atoms with Crippen molar-refractivity contribution in [3.63, 3.8) is 0 Å². The lowest BCUT2D eigenvalue weighted by Gasteiger charge is -2.20. The maximum atomic E-state index is 12.5. The maximum Gasteiger partial charge on any atom is 0.254 e. The molecule has 0 aliphatic heterocycles. The van der Waals surface area contributed by atoms with E-state index in [1.54, 1.807) is 11.0 Å². The molecule has 0 spiro atoms. The Bertz CT molecular complexity index is 609. The molecular weight excluding hydrogens is 358 g/mol. The Morgan fingerprint density at radius 1 is 1.30 bits per heavy atom. The minimum atomic E-state index is -0.0121. The van der Waals surface area contributed by atoms with Crippen LogP contribution < -0.4 is 0 Å². The zero-order chi connectivity index (χ0) is 14.5. The maximum absolute atomic E-state index is 12.5. The van der Waals surface area contributed by atoms with Crippen molar-refractivity contribution in [3.8, 4) is 0 Å². The summed E-state index contributed by atoms with van der Waals surface area (Å²) in [6.45, 7) is 4.76. The minimum Gasteiger partial charge on any atom is -0.330 e. The van der Waals surface area contributed by atoms with E-state index in [2.05, 4.69) is 22.5 Å². The molecule has 0 bridgehead atoms. The van der Waals surface area contributed by atoms with Gasteiger partial charge in [-0.05, 0) is 36.4 Å². The Labute approximate surface area is 135 Å². The minimum absolute atomic E-state index is 0.0121. The van der Waals surface area contributed by atoms with Gasteiger partial charge in [-0.2, -0.15) is 0 Å². The fourth-order valence-electron chi connectivity index (χ4n) is 1.77. The molecule has 1 aromatic carbocycles. The van der Waals surface area contributed by atoms with Crippen LogP contribution in [-0.2, 0) is 6.54 Å². The van der Waals surface area contributed by atoms with Gasteiger partial charge in [0.1, 0.15) is 0 Å². The van der Waals surface area contributed by atoms with E-state index in [1.165, 1.54) is 11.3 Å². The van der Waals surface area contributed by atoms with Gasteiger partial charge in [0.2, 0.25) is 0 Å². The van der Waals surface area contributed by atoms with Gasteiger partial charge in [0.05, 0.1) is 10.9 Å². The summed E-state index contributed by atoms with van der Waals surface area (Å²) in [5, 5.41) is 0. The smallest absolute Gasteiger partial charge is 0.254 e. The largest absolute Gasteiger partial charge is 0.330 e. The molecule has 2 rings (SSSR count). The first-order chi connectivity index (χ1) is 9.60. The average Bonchev–Trinajstić information content (AvgIpc) is 2.84. The second kappa shape index (κ2) is 7.07. The van der Waals surface area contributed by atoms with Gasteiger partial charge in [-0.15, -0.1) is 17.9 Å². The van der Waals surface area contributed by atoms with Gasteiger partial charge < -0.3 is 4.90 Å². The highest BCUT2D eigenvalue weighted by Gasteiger charge is 2.15. The van der Waals surface area contributed by atoms with E-state index >= 15 is 0 Å². The quantitative estimate of drug-likeness (QED) is 0.679. The highest BCUT2D eigenvalue weighted by molar-refractivity contribution is 9.10. The number of carbonyl (C=O) groups excluding carboxylic acids is 1. The highest BCUT2D eigenvalue weighted by Crippen LogP contribution is 2.23. The molecule has 104 valence electrons. The summed E-state index contributed by atoms with van der Waals surface area (Å²) < 4.78 is 1.68. The average molecular weight is 371 g/mol. The zero-order valence-corrected chi connectivity index (χ0v) is 13.8. The molecule has 20 heavy (non-hydrogen) atoms. The van der Waals surface area contributed by atoms with Crippen LogP contribution in [0.25, 0.3) is 0 Å². The topological polar surface area (TPSA) is 20.3 Å². The molecule has 1 aromatic heterocycles. The zero-order valence-electron chi connectivity index (χ0n) is 10.7. The van der Waals surface area contributed by atoms with E-state index in [0.29, 0.717) is 18.7 Å². The first-order valence-corrected chi connectivity index (χ1v) is 7.99. The van der Waals surface area contributed by atoms with Crippen LogP contribution in [0.4, 0.5) is 0 Å². The van der Waals surface area contributed by atoms with E-state index in [0.717, 1.165) is 13.7 Å². The second-order valence-electron chi connectivity index (χ2n) is 4.19. The van der Waals surface area contributed by atoms with E-state index in [9.17, 15) is 4.79 Å². The van der Waals surface area contributed by atoms with Crippen LogP contribution in [0.15, 0.2) is 53.5 Å². The Morgan fingerprint density at radius 3 is 2.55 bits per heavy atom. The van der Waals surface area contributed by atoms with Crippen LogP contribution in [0.1, 0.15) is 15.2 Å². The van der Waals surface area contributed by atoms with E-state index in [4.69, 9.17) is 11.6 Å². The fraction of sp³-hybridized carbons (Fsp3) is 0.133. The molecule has 0 atom stereocenters. The lowest BCUT2D eigenvalue weighted by Crippen LogP contribution is -2.30. The summed E-state index contributed by atoms with van der Waals surface area (Å²) in [5.74, 6) is -0.0121. The third kappa shape index (κ3) is 3.95. The van der Waals surface area contributed by atoms with Gasteiger partial charge in [0, 0.05) is 21.5 Å². The van der Waals surface area contributed by atoms with Crippen molar-refractivity contribution in [1.82, 2.24) is 4.90 Å². The molecule has 0 saturated heterocycles. The van der Waals surface area contributed by atoms with Crippen molar-refractivity contribution < 1.29 is 4.79 Å². The van der Waals surface area contributed by atoms with E-state index in [1.807, 2.05) is 36.4 Å². The first kappa shape index (κ1) is 15.3. The Kier molecular flexibility index (Phi) is 5.40. The Morgan fingerprint density at radius 2 is 2.00 bits per heavy atom. The number of nitrogens with zero attached hydrogens (tertiary/aromatic N) is 1. The van der Waals surface area contributed by atoms with E-state index in [-0.39, 0.29) is 5.91 Å². The molecule has 2 nitrogen and oxygen atoms in total. The molecular formula is C15H13BrClNOS. The van der Waals surface area contributed by atoms with Gasteiger partial charge in [0.25, 0.3) is 5.91 Å². The van der Waals surface area contributed by atoms with Crippen molar-refractivity contribution in [2.45, 2.75) is 6.54 Å². The van der Waals surface area contributed by atoms with Gasteiger partial charge in [-0.3, -0.25) is 4.79 Å². The third-order valence-corrected chi connectivity index (χ3v) is 4.45. The monoisotopic (exact) mass is 369 g/mol. The van der Waals surface area contributed by atoms with Crippen LogP contribution in [0.2, 0.25) is 4.34 Å². The number of carbonyl (C=O) groups is 1. The van der Waals surface area contributed by atoms with Gasteiger partial charge in [-0.1, -0.05) is 33.6 Å². The highest BCUT2D eigenvalue weighted by atomic mass is 79.9. The predicted molar refractivity (Wildman–Crippen MR) is 88.4 cm³/mol. The van der Waals surface area contributed by atoms with Crippen molar-refractivity contribution in [3.05, 3.63) is 68.3 Å². The summed E-state index contributed by atoms with van der Waals surface area (Å²) in [4.78, 5) is 15.3. The molecule has 0 fully saturated rings. The number of hydrogen-bond acceptors (Lipinski definition) is 2. The van der Waals surface area contributed by atoms with Crippen molar-refractivity contribution in [2.75, 3.05) is 6.54 Å². The molecule has 0 unspecified atom stereocenters. The summed E-state index contributed by atoms with van der Waals surface area (Å²) in [5.41, 5.74) is 0.665. The van der Waals surface area contributed by atoms with Gasteiger partial charge in [-0.25, -0.2) is 0 Å². The normalized spacial score (nSPS) is 10.3. The van der Waals surface area contributed by atoms with Crippen LogP contribution in [0, 0.1) is 0 Å². The fourth-order valence-corrected chi connectivity index (χ4v) is 3.14. The number of amides is 1. The first-order valence-electron chi connectivity index (χ1n) is 6.00. The Balaban J connectivity index is 2.17. The number of halogens is 2. The van der Waals surface area contributed by atoms with Crippen LogP contribution in [0.3, 0.4) is 0 Å². The van der Waals surface area contributed by atoms with Crippen molar-refractivity contribution in [2.24, 2.45) is 0 Å². The molecule has 0 N–H and O–H groups in total. The lowest BCUT2D eigenvalue weighted by atomic mass is 10.2. The molecule has 1 amide bonds. The van der Waals surface area contributed by atoms with Crippen LogP contribution in [0.5, 0.6) is 0 Å². The van der Waals surface area contributed by atoms with Crippen molar-refractivity contribution >= 4 is 44.8 Å². The molecule has 0 saturated carbocycles. The Hall–Kier alpha value is -1.10. The van der Waals surface area contributed by atoms with Crippen LogP contribution >= 0.6 is 38.9 Å². The van der Waals surface area contributed by atoms with Gasteiger partial charge in [0.15, 0.2) is 0 Å². The molecule has 1 heterocycles. The molecule has 0 radical (unpaired) electrons. The van der Waals surface area contributed by atoms with Crippen LogP contribution in [-0.4, -0.2) is 17.4 Å². The third-order valence-electron chi connectivity index (χ3n) is 2.70. The second-order valence-corrected chi connectivity index (χ2v) is 6.90. The molecule has 2 aromatic rings. The molecule has 5 heteroatoms. The van der Waals surface area contributed by atoms with E-state index < -0.39 is 0 Å². The predicted octanol–water partition coefficient (Wildman–Crippen LogP) is 4.99. The molecule has 0 aliphatic rings. The number of rotatable bonds is 5. The number of hydrogen-bond donors (Lipinski definition) is 0. The standard InChI is InChI=1S/C15H13BrClNOS/c1-2-9-18(10-13-7-8-14(17)20-13)15(19)11-3-5-12(16)6-4-11/h2-8H,1,9-10H2. The summed E-state index contributed by atoms with van der Waals surface area (Å²) in [7, 11) is 0. The van der Waals surface area contributed by atoms with Crippen molar-refractivity contribution in [1.29, 1.82) is 0 Å². The summed E-state index contributed by atoms with van der Waals surface area (Å²) in [6, 6.07) is 11.1. The summed E-state index contributed by atoms with van der Waals surface area (Å²) >= 11 is 10.8. The van der Waals surface area contributed by atoms with Gasteiger partial charge >= 0.3 is 0 Å². The molecule has 0 aliphatic carbocycles. The SMILES string of the molecule is C=CCN(Cc1ccc(Cl)s1)C(=O)c1ccc(Br)cc1. The number of benzene rings is 1. The number of thiophene rings is 1. The lowest BCUT2D eigenvalue weighted by molar-refractivity contribution is 0.0764.